The smallest absolute Gasteiger partial charge is 0.407 e. The van der Waals surface area contributed by atoms with Crippen molar-refractivity contribution in [1.29, 1.82) is 0 Å². The lowest BCUT2D eigenvalue weighted by Crippen LogP contribution is -2.54. The van der Waals surface area contributed by atoms with Crippen LogP contribution < -0.4 is 15.5 Å². The first-order valence-electron chi connectivity index (χ1n) is 10.0. The third-order valence-electron chi connectivity index (χ3n) is 4.97. The molecule has 10 nitrogen and oxygen atoms in total. The largest absolute Gasteiger partial charge is 0.444 e. The maximum Gasteiger partial charge on any atom is 0.407 e. The third-order valence-corrected chi connectivity index (χ3v) is 4.97. The van der Waals surface area contributed by atoms with Crippen LogP contribution in [0.1, 0.15) is 54.3 Å². The van der Waals surface area contributed by atoms with Crippen LogP contribution in [0.15, 0.2) is 18.2 Å². The van der Waals surface area contributed by atoms with Gasteiger partial charge >= 0.3 is 6.09 Å². The molecule has 31 heavy (non-hydrogen) atoms. The highest BCUT2D eigenvalue weighted by Crippen LogP contribution is 2.33. The van der Waals surface area contributed by atoms with Crippen LogP contribution >= 0.6 is 0 Å². The molecule has 1 fully saturated rings. The molecule has 0 aromatic heterocycles. The van der Waals surface area contributed by atoms with Crippen molar-refractivity contribution in [3.05, 3.63) is 29.3 Å². The zero-order valence-electron chi connectivity index (χ0n) is 18.0. The molecule has 1 atom stereocenters. The number of carbonyl (C=O) groups excluding carboxylic acids is 5. The van der Waals surface area contributed by atoms with Gasteiger partial charge in [-0.25, -0.2) is 4.79 Å². The van der Waals surface area contributed by atoms with Gasteiger partial charge < -0.3 is 15.0 Å². The molecule has 1 unspecified atom stereocenters. The van der Waals surface area contributed by atoms with Crippen LogP contribution in [0, 0.1) is 0 Å². The van der Waals surface area contributed by atoms with E-state index in [-0.39, 0.29) is 30.5 Å². The lowest BCUT2D eigenvalue weighted by molar-refractivity contribution is -0.136. The fourth-order valence-corrected chi connectivity index (χ4v) is 3.58. The Morgan fingerprint density at radius 1 is 1.23 bits per heavy atom. The van der Waals surface area contributed by atoms with E-state index in [0.717, 1.165) is 4.90 Å². The maximum atomic E-state index is 13.1. The molecule has 1 aromatic rings. The predicted octanol–water partition coefficient (Wildman–Crippen LogP) is 1.05. The number of hydrogen-bond donors (Lipinski definition) is 2. The lowest BCUT2D eigenvalue weighted by Gasteiger charge is -2.28. The standard InChI is InChI=1S/C21H26N4O6/c1-21(2,3)31-20(30)22-10-11-24(4)13-7-5-6-12-16(13)19(29)25(18(12)28)14-8-9-15(26)23-17(14)27/h5-7,14H,8-11H2,1-4H3,(H,22,30)(H,23,26,27). The SMILES string of the molecule is CN(CCNC(=O)OC(C)(C)C)c1cccc2c1C(=O)N(C1CCC(=O)NC1=O)C2=O. The number of imide groups is 2. The number of carbonyl (C=O) groups is 5. The van der Waals surface area contributed by atoms with Gasteiger partial charge in [0.1, 0.15) is 11.6 Å². The van der Waals surface area contributed by atoms with E-state index in [9.17, 15) is 24.0 Å². The van der Waals surface area contributed by atoms with Gasteiger partial charge in [0, 0.05) is 26.6 Å². The first-order chi connectivity index (χ1) is 14.5. The average Bonchev–Trinajstić information content (AvgIpc) is 2.91. The first kappa shape index (κ1) is 22.3. The average molecular weight is 430 g/mol. The van der Waals surface area contributed by atoms with Crippen molar-refractivity contribution in [2.24, 2.45) is 0 Å². The zero-order valence-corrected chi connectivity index (χ0v) is 18.0. The molecule has 2 aliphatic rings. The van der Waals surface area contributed by atoms with Gasteiger partial charge in [0.25, 0.3) is 11.8 Å². The second kappa shape index (κ2) is 8.37. The Bertz CT molecular complexity index is 952. The van der Waals surface area contributed by atoms with Crippen molar-refractivity contribution in [2.75, 3.05) is 25.0 Å². The van der Waals surface area contributed by atoms with Gasteiger partial charge in [-0.3, -0.25) is 29.4 Å². The fourth-order valence-electron chi connectivity index (χ4n) is 3.58. The summed E-state index contributed by atoms with van der Waals surface area (Å²) in [7, 11) is 1.73. The highest BCUT2D eigenvalue weighted by molar-refractivity contribution is 6.25. The second-order valence-corrected chi connectivity index (χ2v) is 8.50. The van der Waals surface area contributed by atoms with Crippen LogP contribution in [0.2, 0.25) is 0 Å². The molecule has 1 saturated heterocycles. The molecule has 166 valence electrons. The number of piperidine rings is 1. The minimum Gasteiger partial charge on any atom is -0.444 e. The number of amides is 5. The van der Waals surface area contributed by atoms with Crippen molar-refractivity contribution in [3.8, 4) is 0 Å². The minimum absolute atomic E-state index is 0.0624. The van der Waals surface area contributed by atoms with Crippen molar-refractivity contribution in [1.82, 2.24) is 15.5 Å². The van der Waals surface area contributed by atoms with Crippen LogP contribution in [-0.4, -0.2) is 66.4 Å². The number of benzene rings is 1. The number of fused-ring (bicyclic) bond motifs is 1. The van der Waals surface area contributed by atoms with Gasteiger partial charge in [-0.05, 0) is 39.3 Å². The molecule has 2 heterocycles. The molecule has 10 heteroatoms. The van der Waals surface area contributed by atoms with E-state index < -0.39 is 41.4 Å². The van der Waals surface area contributed by atoms with Crippen LogP contribution in [0.5, 0.6) is 0 Å². The Balaban J connectivity index is 1.73. The van der Waals surface area contributed by atoms with E-state index in [1.54, 1.807) is 44.9 Å². The van der Waals surface area contributed by atoms with Gasteiger partial charge in [-0.1, -0.05) is 6.07 Å². The second-order valence-electron chi connectivity index (χ2n) is 8.50. The number of nitrogens with zero attached hydrogens (tertiary/aromatic N) is 2. The van der Waals surface area contributed by atoms with Crippen molar-refractivity contribution >= 4 is 35.4 Å². The van der Waals surface area contributed by atoms with E-state index in [1.165, 1.54) is 6.07 Å². The summed E-state index contributed by atoms with van der Waals surface area (Å²) in [4.78, 5) is 64.1. The number of likely N-dealkylation sites (N-methyl/N-ethyl adjacent to an activating group) is 1. The van der Waals surface area contributed by atoms with Crippen LogP contribution in [0.3, 0.4) is 0 Å². The molecule has 3 rings (SSSR count). The molecule has 0 spiro atoms. The predicted molar refractivity (Wildman–Crippen MR) is 111 cm³/mol. The van der Waals surface area contributed by atoms with Gasteiger partial charge in [0.05, 0.1) is 16.8 Å². The summed E-state index contributed by atoms with van der Waals surface area (Å²) in [6.45, 7) is 5.91. The lowest BCUT2D eigenvalue weighted by atomic mass is 10.0. The summed E-state index contributed by atoms with van der Waals surface area (Å²) in [6.07, 6.45) is -0.386. The topological polar surface area (TPSA) is 125 Å². The molecule has 5 amide bonds. The minimum atomic E-state index is -1.02. The van der Waals surface area contributed by atoms with Crippen molar-refractivity contribution < 1.29 is 28.7 Å². The number of alkyl carbamates (subject to hydrolysis) is 1. The van der Waals surface area contributed by atoms with Crippen molar-refractivity contribution in [2.45, 2.75) is 45.3 Å². The van der Waals surface area contributed by atoms with Gasteiger partial charge in [-0.2, -0.15) is 0 Å². The van der Waals surface area contributed by atoms with Crippen molar-refractivity contribution in [3.63, 3.8) is 0 Å². The van der Waals surface area contributed by atoms with E-state index in [1.807, 2.05) is 0 Å². The zero-order chi connectivity index (χ0) is 22.9. The molecule has 2 N–H and O–H groups in total. The summed E-state index contributed by atoms with van der Waals surface area (Å²) in [5.74, 6) is -2.20. The molecule has 0 aliphatic carbocycles. The van der Waals surface area contributed by atoms with E-state index >= 15 is 0 Å². The van der Waals surface area contributed by atoms with Gasteiger partial charge in [0.2, 0.25) is 11.8 Å². The van der Waals surface area contributed by atoms with Gasteiger partial charge in [-0.15, -0.1) is 0 Å². The normalized spacial score (nSPS) is 18.6. The maximum absolute atomic E-state index is 13.1. The summed E-state index contributed by atoms with van der Waals surface area (Å²) in [5.41, 5.74) is 0.315. The monoisotopic (exact) mass is 430 g/mol. The molecule has 1 aromatic carbocycles. The van der Waals surface area contributed by atoms with E-state index in [2.05, 4.69) is 10.6 Å². The van der Waals surface area contributed by atoms with Crippen LogP contribution in [-0.2, 0) is 14.3 Å². The number of ether oxygens (including phenoxy) is 1. The van der Waals surface area contributed by atoms with Gasteiger partial charge in [0.15, 0.2) is 0 Å². The Morgan fingerprint density at radius 3 is 2.58 bits per heavy atom. The quantitative estimate of drug-likeness (QED) is 0.669. The number of hydrogen-bond acceptors (Lipinski definition) is 7. The third kappa shape index (κ3) is 4.68. The molecule has 0 radical (unpaired) electrons. The number of rotatable bonds is 5. The van der Waals surface area contributed by atoms with Crippen LogP contribution in [0.4, 0.5) is 10.5 Å². The summed E-state index contributed by atoms with van der Waals surface area (Å²) in [5, 5.41) is 4.83. The Hall–Kier alpha value is -3.43. The Morgan fingerprint density at radius 2 is 1.94 bits per heavy atom. The van der Waals surface area contributed by atoms with E-state index in [0.29, 0.717) is 12.2 Å². The Labute approximate surface area is 179 Å². The number of nitrogens with one attached hydrogen (secondary N) is 2. The molecular formula is C21H26N4O6. The summed E-state index contributed by atoms with van der Waals surface area (Å²) in [6, 6.07) is 3.88. The van der Waals surface area contributed by atoms with Crippen LogP contribution in [0.25, 0.3) is 0 Å². The molecule has 2 aliphatic heterocycles. The highest BCUT2D eigenvalue weighted by atomic mass is 16.6. The molecule has 0 bridgehead atoms. The fraction of sp³-hybridized carbons (Fsp3) is 0.476. The highest BCUT2D eigenvalue weighted by Gasteiger charge is 2.45. The number of anilines is 1. The molecule has 0 saturated carbocycles. The van der Waals surface area contributed by atoms with E-state index in [4.69, 9.17) is 4.74 Å². The molecular weight excluding hydrogens is 404 g/mol. The summed E-state index contributed by atoms with van der Waals surface area (Å²) < 4.78 is 5.19. The first-order valence-corrected chi connectivity index (χ1v) is 10.0. The Kier molecular flexibility index (Phi) is 6.01. The summed E-state index contributed by atoms with van der Waals surface area (Å²) >= 11 is 0.